The Balaban J connectivity index is 2.28. The van der Waals surface area contributed by atoms with Gasteiger partial charge in [0.15, 0.2) is 0 Å². The summed E-state index contributed by atoms with van der Waals surface area (Å²) in [7, 11) is -3.61. The number of rotatable bonds is 13. The molecule has 0 unspecified atom stereocenters. The molecule has 37 heavy (non-hydrogen) atoms. The number of nitrogens with one attached hydrogen (secondary N) is 1. The second-order valence-corrected chi connectivity index (χ2v) is 12.0. The highest BCUT2D eigenvalue weighted by molar-refractivity contribution is 7.92. The minimum absolute atomic E-state index is 0.0156. The molecule has 0 fully saturated rings. The highest BCUT2D eigenvalue weighted by atomic mass is 35.5. The van der Waals surface area contributed by atoms with E-state index in [2.05, 4.69) is 5.32 Å². The predicted molar refractivity (Wildman–Crippen MR) is 152 cm³/mol. The summed E-state index contributed by atoms with van der Waals surface area (Å²) in [6, 6.07) is 10.8. The maximum Gasteiger partial charge on any atom is 0.243 e. The molecule has 204 valence electrons. The van der Waals surface area contributed by atoms with Gasteiger partial charge in [-0.2, -0.15) is 0 Å². The molecule has 0 bridgehead atoms. The van der Waals surface area contributed by atoms with Gasteiger partial charge in [0.25, 0.3) is 0 Å². The molecule has 1 N–H and O–H groups in total. The van der Waals surface area contributed by atoms with Crippen molar-refractivity contribution in [2.24, 2.45) is 0 Å². The number of hydrogen-bond donors (Lipinski definition) is 1. The van der Waals surface area contributed by atoms with Gasteiger partial charge < -0.3 is 10.2 Å². The van der Waals surface area contributed by atoms with Crippen molar-refractivity contribution in [3.8, 4) is 0 Å². The Labute approximate surface area is 235 Å². The zero-order chi connectivity index (χ0) is 27.8. The number of carbonyl (C=O) groups is 2. The molecule has 0 aliphatic rings. The quantitative estimate of drug-likeness (QED) is 0.314. The molecule has 0 aliphatic heterocycles. The van der Waals surface area contributed by atoms with Crippen LogP contribution in [0.25, 0.3) is 0 Å². The Morgan fingerprint density at radius 1 is 1.00 bits per heavy atom. The fourth-order valence-corrected chi connectivity index (χ4v) is 5.51. The molecular formula is C26H34Cl3N3O4S. The summed E-state index contributed by atoms with van der Waals surface area (Å²) in [5.74, 6) is -0.563. The van der Waals surface area contributed by atoms with Crippen LogP contribution in [0.15, 0.2) is 42.5 Å². The van der Waals surface area contributed by atoms with Gasteiger partial charge in [0.2, 0.25) is 21.8 Å². The molecule has 0 saturated carbocycles. The van der Waals surface area contributed by atoms with Crippen molar-refractivity contribution in [3.05, 3.63) is 63.1 Å². The van der Waals surface area contributed by atoms with Crippen LogP contribution < -0.4 is 9.62 Å². The summed E-state index contributed by atoms with van der Waals surface area (Å²) in [4.78, 5) is 28.1. The van der Waals surface area contributed by atoms with Crippen LogP contribution in [-0.4, -0.2) is 50.0 Å². The summed E-state index contributed by atoms with van der Waals surface area (Å²) >= 11 is 18.8. The molecule has 2 atom stereocenters. The SMILES string of the molecule is CC[C@H](C(=O)N[C@@H](C)CC)N(Cc1c(Cl)cccc1Cl)C(=O)CCCN(c1cccc(Cl)c1)S(C)(=O)=O. The van der Waals surface area contributed by atoms with E-state index in [1.54, 1.807) is 42.5 Å². The van der Waals surface area contributed by atoms with Crippen LogP contribution in [0.5, 0.6) is 0 Å². The first kappa shape index (κ1) is 31.2. The average molecular weight is 591 g/mol. The van der Waals surface area contributed by atoms with Gasteiger partial charge in [-0.1, -0.05) is 60.8 Å². The molecule has 0 spiro atoms. The van der Waals surface area contributed by atoms with Gasteiger partial charge in [-0.3, -0.25) is 13.9 Å². The van der Waals surface area contributed by atoms with Crippen LogP contribution in [0, 0.1) is 0 Å². The normalized spacial score (nSPS) is 13.1. The number of amides is 2. The second kappa shape index (κ2) is 14.2. The minimum atomic E-state index is -3.61. The number of hydrogen-bond acceptors (Lipinski definition) is 4. The van der Waals surface area contributed by atoms with E-state index in [0.29, 0.717) is 32.7 Å². The predicted octanol–water partition coefficient (Wildman–Crippen LogP) is 5.92. The molecule has 2 amide bonds. The van der Waals surface area contributed by atoms with E-state index in [1.165, 1.54) is 9.21 Å². The monoisotopic (exact) mass is 589 g/mol. The van der Waals surface area contributed by atoms with E-state index >= 15 is 0 Å². The van der Waals surface area contributed by atoms with Crippen LogP contribution in [0.3, 0.4) is 0 Å². The van der Waals surface area contributed by atoms with Crippen molar-refractivity contribution >= 4 is 62.3 Å². The van der Waals surface area contributed by atoms with E-state index in [0.717, 1.165) is 12.7 Å². The van der Waals surface area contributed by atoms with Gasteiger partial charge in [-0.05, 0) is 56.5 Å². The standard InChI is InChI=1S/C26H34Cl3N3O4S/c1-5-18(3)30-26(34)24(6-2)31(17-21-22(28)12-8-13-23(21)29)25(33)14-9-15-32(37(4,35)36)20-11-7-10-19(27)16-20/h7-8,10-13,16,18,24H,5-6,9,14-15,17H2,1-4H3,(H,30,34)/t18-,24+/m0/s1. The molecule has 2 rings (SSSR count). The molecule has 0 aromatic heterocycles. The van der Waals surface area contributed by atoms with E-state index < -0.39 is 16.1 Å². The van der Waals surface area contributed by atoms with Gasteiger partial charge in [0, 0.05) is 46.2 Å². The fraction of sp³-hybridized carbons (Fsp3) is 0.462. The van der Waals surface area contributed by atoms with Crippen LogP contribution in [0.1, 0.15) is 52.0 Å². The highest BCUT2D eigenvalue weighted by Gasteiger charge is 2.30. The molecule has 0 radical (unpaired) electrons. The van der Waals surface area contributed by atoms with Gasteiger partial charge in [-0.25, -0.2) is 8.42 Å². The van der Waals surface area contributed by atoms with Crippen molar-refractivity contribution in [2.75, 3.05) is 17.1 Å². The number of sulfonamides is 1. The third-order valence-electron chi connectivity index (χ3n) is 6.03. The summed E-state index contributed by atoms with van der Waals surface area (Å²) in [5, 5.41) is 4.15. The minimum Gasteiger partial charge on any atom is -0.352 e. The number of halogens is 3. The van der Waals surface area contributed by atoms with Gasteiger partial charge in [0.1, 0.15) is 6.04 Å². The molecule has 2 aromatic rings. The smallest absolute Gasteiger partial charge is 0.243 e. The fourth-order valence-electron chi connectivity index (χ4n) is 3.85. The number of carbonyl (C=O) groups excluding carboxylic acids is 2. The summed E-state index contributed by atoms with van der Waals surface area (Å²) in [5.41, 5.74) is 0.965. The first-order valence-corrected chi connectivity index (χ1v) is 15.1. The van der Waals surface area contributed by atoms with Crippen molar-refractivity contribution in [3.63, 3.8) is 0 Å². The maximum absolute atomic E-state index is 13.5. The molecular weight excluding hydrogens is 557 g/mol. The summed E-state index contributed by atoms with van der Waals surface area (Å²) in [6.07, 6.45) is 2.48. The third kappa shape index (κ3) is 9.06. The van der Waals surface area contributed by atoms with Crippen LogP contribution in [-0.2, 0) is 26.2 Å². The van der Waals surface area contributed by atoms with Crippen LogP contribution >= 0.6 is 34.8 Å². The number of nitrogens with zero attached hydrogens (tertiary/aromatic N) is 2. The van der Waals surface area contributed by atoms with E-state index in [4.69, 9.17) is 34.8 Å². The Kier molecular flexibility index (Phi) is 12.0. The first-order valence-electron chi connectivity index (χ1n) is 12.1. The summed E-state index contributed by atoms with van der Waals surface area (Å²) in [6.45, 7) is 5.82. The number of benzene rings is 2. The van der Waals surface area contributed by atoms with Crippen molar-refractivity contribution in [2.45, 2.75) is 65.1 Å². The molecule has 11 heteroatoms. The highest BCUT2D eigenvalue weighted by Crippen LogP contribution is 2.28. The van der Waals surface area contributed by atoms with Crippen LogP contribution in [0.4, 0.5) is 5.69 Å². The van der Waals surface area contributed by atoms with E-state index in [9.17, 15) is 18.0 Å². The van der Waals surface area contributed by atoms with Crippen molar-refractivity contribution < 1.29 is 18.0 Å². The zero-order valence-corrected chi connectivity index (χ0v) is 24.6. The van der Waals surface area contributed by atoms with Gasteiger partial charge in [0.05, 0.1) is 11.9 Å². The van der Waals surface area contributed by atoms with Gasteiger partial charge in [-0.15, -0.1) is 0 Å². The van der Waals surface area contributed by atoms with Gasteiger partial charge >= 0.3 is 0 Å². The zero-order valence-electron chi connectivity index (χ0n) is 21.5. The Bertz CT molecular complexity index is 1170. The second-order valence-electron chi connectivity index (χ2n) is 8.88. The first-order chi connectivity index (χ1) is 17.4. The molecule has 0 aliphatic carbocycles. The Morgan fingerprint density at radius 2 is 1.62 bits per heavy atom. The van der Waals surface area contributed by atoms with Crippen LogP contribution in [0.2, 0.25) is 15.1 Å². The largest absolute Gasteiger partial charge is 0.352 e. The van der Waals surface area contributed by atoms with E-state index in [-0.39, 0.29) is 43.8 Å². The molecule has 2 aromatic carbocycles. The summed E-state index contributed by atoms with van der Waals surface area (Å²) < 4.78 is 26.1. The topological polar surface area (TPSA) is 86.8 Å². The lowest BCUT2D eigenvalue weighted by Gasteiger charge is -2.32. The molecule has 7 nitrogen and oxygen atoms in total. The Morgan fingerprint density at radius 3 is 2.16 bits per heavy atom. The molecule has 0 saturated heterocycles. The lowest BCUT2D eigenvalue weighted by Crippen LogP contribution is -2.50. The van der Waals surface area contributed by atoms with Crippen molar-refractivity contribution in [1.82, 2.24) is 10.2 Å². The lowest BCUT2D eigenvalue weighted by atomic mass is 10.1. The Hall–Kier alpha value is -2.00. The van der Waals surface area contributed by atoms with Crippen molar-refractivity contribution in [1.29, 1.82) is 0 Å². The average Bonchev–Trinajstić information content (AvgIpc) is 2.82. The molecule has 0 heterocycles. The maximum atomic E-state index is 13.5. The lowest BCUT2D eigenvalue weighted by molar-refractivity contribution is -0.141. The van der Waals surface area contributed by atoms with E-state index in [1.807, 2.05) is 20.8 Å². The third-order valence-corrected chi connectivity index (χ3v) is 8.16. The number of anilines is 1.